The molecule has 140 valence electrons. The average molecular weight is 385 g/mol. The highest BCUT2D eigenvalue weighted by molar-refractivity contribution is 7.21. The third-order valence-electron chi connectivity index (χ3n) is 4.88. The van der Waals surface area contributed by atoms with Crippen molar-refractivity contribution in [2.45, 2.75) is 25.4 Å². The Balaban J connectivity index is 1.61. The van der Waals surface area contributed by atoms with Crippen molar-refractivity contribution in [3.63, 3.8) is 0 Å². The molecule has 2 N–H and O–H groups in total. The summed E-state index contributed by atoms with van der Waals surface area (Å²) in [4.78, 5) is 18.9. The molecule has 5 nitrogen and oxygen atoms in total. The lowest BCUT2D eigenvalue weighted by Crippen LogP contribution is -2.46. The van der Waals surface area contributed by atoms with Crippen molar-refractivity contribution in [3.8, 4) is 10.6 Å². The van der Waals surface area contributed by atoms with Crippen molar-refractivity contribution >= 4 is 33.3 Å². The number of nitrogens with one attached hydrogen (secondary N) is 1. The Morgan fingerprint density at radius 2 is 2.00 bits per heavy atom. The fraction of sp³-hybridized carbons (Fsp3) is 0.300. The zero-order valence-electron chi connectivity index (χ0n) is 14.9. The van der Waals surface area contributed by atoms with E-state index >= 15 is 0 Å². The predicted molar refractivity (Wildman–Crippen MR) is 105 cm³/mol. The van der Waals surface area contributed by atoms with E-state index < -0.39 is 5.60 Å². The van der Waals surface area contributed by atoms with Gasteiger partial charge in [-0.3, -0.25) is 0 Å². The number of para-hydroxylation sites is 1. The molecule has 7 heteroatoms. The molecule has 0 atom stereocenters. The van der Waals surface area contributed by atoms with Gasteiger partial charge in [-0.15, -0.1) is 11.3 Å². The van der Waals surface area contributed by atoms with Gasteiger partial charge in [-0.25, -0.2) is 14.2 Å². The lowest BCUT2D eigenvalue weighted by atomic mass is 9.94. The molecule has 0 aliphatic carbocycles. The maximum Gasteiger partial charge on any atom is 0.321 e. The number of halogens is 1. The van der Waals surface area contributed by atoms with Gasteiger partial charge in [0.1, 0.15) is 10.8 Å². The van der Waals surface area contributed by atoms with Crippen molar-refractivity contribution in [1.82, 2.24) is 9.88 Å². The van der Waals surface area contributed by atoms with Gasteiger partial charge in [-0.2, -0.15) is 0 Å². The molecular weight excluding hydrogens is 365 g/mol. The maximum absolute atomic E-state index is 13.9. The second kappa shape index (κ2) is 6.90. The number of hydrogen-bond acceptors (Lipinski definition) is 4. The normalized spacial score (nSPS) is 16.5. The Labute approximate surface area is 160 Å². The van der Waals surface area contributed by atoms with E-state index in [4.69, 9.17) is 0 Å². The second-order valence-corrected chi connectivity index (χ2v) is 8.12. The largest absolute Gasteiger partial charge is 0.390 e. The topological polar surface area (TPSA) is 65.5 Å². The zero-order valence-corrected chi connectivity index (χ0v) is 15.7. The van der Waals surface area contributed by atoms with Crippen molar-refractivity contribution in [2.75, 3.05) is 18.4 Å². The van der Waals surface area contributed by atoms with Gasteiger partial charge < -0.3 is 15.3 Å². The molecule has 2 heterocycles. The molecule has 1 aliphatic heterocycles. The van der Waals surface area contributed by atoms with Crippen LogP contribution in [0.5, 0.6) is 0 Å². The first-order valence-electron chi connectivity index (χ1n) is 8.85. The Bertz CT molecular complexity index is 959. The number of piperidine rings is 1. The number of amides is 2. The molecular formula is C20H20FN3O2S. The Kier molecular flexibility index (Phi) is 4.57. The summed E-state index contributed by atoms with van der Waals surface area (Å²) in [6.07, 6.45) is 1.07. The molecule has 27 heavy (non-hydrogen) atoms. The van der Waals surface area contributed by atoms with E-state index in [2.05, 4.69) is 10.3 Å². The van der Waals surface area contributed by atoms with Gasteiger partial charge >= 0.3 is 6.03 Å². The van der Waals surface area contributed by atoms with Crippen LogP contribution in [0.3, 0.4) is 0 Å². The summed E-state index contributed by atoms with van der Waals surface area (Å²) in [5.41, 5.74) is 1.21. The van der Waals surface area contributed by atoms with Gasteiger partial charge in [0.15, 0.2) is 0 Å². The van der Waals surface area contributed by atoms with Crippen LogP contribution >= 0.6 is 11.3 Å². The van der Waals surface area contributed by atoms with Crippen LogP contribution in [0.4, 0.5) is 14.9 Å². The monoisotopic (exact) mass is 385 g/mol. The van der Waals surface area contributed by atoms with Crippen molar-refractivity contribution < 1.29 is 14.3 Å². The van der Waals surface area contributed by atoms with E-state index in [0.29, 0.717) is 42.2 Å². The van der Waals surface area contributed by atoms with Crippen LogP contribution in [-0.2, 0) is 0 Å². The predicted octanol–water partition coefficient (Wildman–Crippen LogP) is 4.48. The number of likely N-dealkylation sites (tertiary alicyclic amines) is 1. The fourth-order valence-corrected chi connectivity index (χ4v) is 4.17. The highest BCUT2D eigenvalue weighted by Crippen LogP contribution is 2.35. The maximum atomic E-state index is 13.9. The minimum Gasteiger partial charge on any atom is -0.390 e. The molecule has 1 aliphatic rings. The first kappa shape index (κ1) is 17.9. The van der Waals surface area contributed by atoms with E-state index in [-0.39, 0.29) is 11.8 Å². The SMILES string of the molecule is CC1(O)CCN(C(=O)Nc2ccc(F)cc2-c2nc3ccccc3s2)CC1. The number of rotatable bonds is 2. The van der Waals surface area contributed by atoms with Gasteiger partial charge in [-0.05, 0) is 50.1 Å². The molecule has 3 aromatic rings. The van der Waals surface area contributed by atoms with Crippen LogP contribution in [0.25, 0.3) is 20.8 Å². The summed E-state index contributed by atoms with van der Waals surface area (Å²) in [6.45, 7) is 2.75. The standard InChI is InChI=1S/C20H20FN3O2S/c1-20(26)8-10-24(11-9-20)19(25)23-15-7-6-13(21)12-14(15)18-22-16-4-2-3-5-17(16)27-18/h2-7,12,26H,8-11H2,1H3,(H,23,25). The number of thiazole rings is 1. The molecule has 1 fully saturated rings. The van der Waals surface area contributed by atoms with Gasteiger partial charge in [0.05, 0.1) is 21.5 Å². The van der Waals surface area contributed by atoms with Crippen LogP contribution in [0.15, 0.2) is 42.5 Å². The highest BCUT2D eigenvalue weighted by atomic mass is 32.1. The first-order chi connectivity index (χ1) is 12.9. The number of urea groups is 1. The summed E-state index contributed by atoms with van der Waals surface area (Å²) < 4.78 is 14.9. The van der Waals surface area contributed by atoms with E-state index in [1.165, 1.54) is 23.5 Å². The number of carbonyl (C=O) groups is 1. The first-order valence-corrected chi connectivity index (χ1v) is 9.67. The third kappa shape index (κ3) is 3.79. The number of benzene rings is 2. The van der Waals surface area contributed by atoms with Crippen LogP contribution in [0.2, 0.25) is 0 Å². The lowest BCUT2D eigenvalue weighted by Gasteiger charge is -2.35. The molecule has 4 rings (SSSR count). The van der Waals surface area contributed by atoms with E-state index in [9.17, 15) is 14.3 Å². The van der Waals surface area contributed by atoms with E-state index in [1.54, 1.807) is 17.9 Å². The Morgan fingerprint density at radius 3 is 2.74 bits per heavy atom. The minimum absolute atomic E-state index is 0.250. The molecule has 0 saturated carbocycles. The van der Waals surface area contributed by atoms with Crippen LogP contribution in [-0.4, -0.2) is 39.7 Å². The fourth-order valence-electron chi connectivity index (χ4n) is 3.18. The summed E-state index contributed by atoms with van der Waals surface area (Å²) in [7, 11) is 0. The van der Waals surface area contributed by atoms with Crippen LogP contribution in [0, 0.1) is 5.82 Å². The quantitative estimate of drug-likeness (QED) is 0.683. The van der Waals surface area contributed by atoms with Gasteiger partial charge in [-0.1, -0.05) is 12.1 Å². The lowest BCUT2D eigenvalue weighted by molar-refractivity contribution is 0.00570. The van der Waals surface area contributed by atoms with Gasteiger partial charge in [0.25, 0.3) is 0 Å². The van der Waals surface area contributed by atoms with Gasteiger partial charge in [0.2, 0.25) is 0 Å². The summed E-state index contributed by atoms with van der Waals surface area (Å²) in [5.74, 6) is -0.378. The van der Waals surface area contributed by atoms with E-state index in [0.717, 1.165) is 10.2 Å². The Morgan fingerprint density at radius 1 is 1.26 bits per heavy atom. The molecule has 2 amide bonds. The van der Waals surface area contributed by atoms with Crippen LogP contribution < -0.4 is 5.32 Å². The molecule has 1 aromatic heterocycles. The number of nitrogens with zero attached hydrogens (tertiary/aromatic N) is 2. The minimum atomic E-state index is -0.723. The summed E-state index contributed by atoms with van der Waals surface area (Å²) in [6, 6.07) is 11.8. The van der Waals surface area contributed by atoms with Gasteiger partial charge in [0, 0.05) is 18.7 Å². The number of anilines is 1. The summed E-state index contributed by atoms with van der Waals surface area (Å²) in [5, 5.41) is 13.6. The van der Waals surface area contributed by atoms with Crippen molar-refractivity contribution in [1.29, 1.82) is 0 Å². The molecule has 0 unspecified atom stereocenters. The van der Waals surface area contributed by atoms with E-state index in [1.807, 2.05) is 24.3 Å². The van der Waals surface area contributed by atoms with Crippen molar-refractivity contribution in [3.05, 3.63) is 48.3 Å². The average Bonchev–Trinajstić information content (AvgIpc) is 3.07. The molecule has 0 bridgehead atoms. The number of aliphatic hydroxyl groups is 1. The molecule has 0 radical (unpaired) electrons. The zero-order chi connectivity index (χ0) is 19.0. The molecule has 1 saturated heterocycles. The smallest absolute Gasteiger partial charge is 0.321 e. The second-order valence-electron chi connectivity index (χ2n) is 7.09. The third-order valence-corrected chi connectivity index (χ3v) is 5.95. The Hall–Kier alpha value is -2.51. The number of carbonyl (C=O) groups excluding carboxylic acids is 1. The molecule has 0 spiro atoms. The highest BCUT2D eigenvalue weighted by Gasteiger charge is 2.30. The number of hydrogen-bond donors (Lipinski definition) is 2. The number of aromatic nitrogens is 1. The molecule has 2 aromatic carbocycles. The van der Waals surface area contributed by atoms with Crippen LogP contribution in [0.1, 0.15) is 19.8 Å². The summed E-state index contributed by atoms with van der Waals surface area (Å²) >= 11 is 1.46. The van der Waals surface area contributed by atoms with Crippen molar-refractivity contribution in [2.24, 2.45) is 0 Å². The number of fused-ring (bicyclic) bond motifs is 1.